The van der Waals surface area contributed by atoms with Crippen molar-refractivity contribution in [1.82, 2.24) is 0 Å². The molecule has 0 aromatic carbocycles. The summed E-state index contributed by atoms with van der Waals surface area (Å²) in [7, 11) is 0. The van der Waals surface area contributed by atoms with Crippen LogP contribution in [0.5, 0.6) is 0 Å². The molecule has 18 heavy (non-hydrogen) atoms. The first-order chi connectivity index (χ1) is 8.62. The maximum Gasteiger partial charge on any atom is 0.0730 e. The lowest BCUT2D eigenvalue weighted by Crippen LogP contribution is -2.05. The normalized spacial score (nSPS) is 13.1. The van der Waals surface area contributed by atoms with Crippen molar-refractivity contribution in [2.75, 3.05) is 6.61 Å². The highest BCUT2D eigenvalue weighted by molar-refractivity contribution is 5.20. The van der Waals surface area contributed by atoms with Gasteiger partial charge in [0.15, 0.2) is 0 Å². The minimum Gasteiger partial charge on any atom is -0.374 e. The lowest BCUT2D eigenvalue weighted by Gasteiger charge is -2.08. The number of allylic oxidation sites excluding steroid dienone is 4. The summed E-state index contributed by atoms with van der Waals surface area (Å²) >= 11 is 0. The van der Waals surface area contributed by atoms with Crippen LogP contribution in [0.1, 0.15) is 60.3 Å². The van der Waals surface area contributed by atoms with Gasteiger partial charge in [-0.25, -0.2) is 0 Å². The zero-order valence-corrected chi connectivity index (χ0v) is 13.0. The van der Waals surface area contributed by atoms with Gasteiger partial charge in [-0.3, -0.25) is 0 Å². The van der Waals surface area contributed by atoms with E-state index in [9.17, 15) is 0 Å². The highest BCUT2D eigenvalue weighted by Gasteiger charge is 1.95. The van der Waals surface area contributed by atoms with Gasteiger partial charge < -0.3 is 4.74 Å². The molecular weight excluding hydrogens is 220 g/mol. The molecule has 106 valence electrons. The first kappa shape index (κ1) is 19.5. The van der Waals surface area contributed by atoms with E-state index < -0.39 is 0 Å². The molecule has 0 aromatic heterocycles. The van der Waals surface area contributed by atoms with E-state index in [0.29, 0.717) is 0 Å². The molecule has 0 aromatic rings. The smallest absolute Gasteiger partial charge is 0.0730 e. The number of hydrogen-bond donors (Lipinski definition) is 0. The van der Waals surface area contributed by atoms with Crippen molar-refractivity contribution in [3.63, 3.8) is 0 Å². The van der Waals surface area contributed by atoms with Gasteiger partial charge in [0, 0.05) is 6.61 Å². The Morgan fingerprint density at radius 1 is 1.22 bits per heavy atom. The van der Waals surface area contributed by atoms with E-state index >= 15 is 0 Å². The van der Waals surface area contributed by atoms with E-state index in [1.54, 1.807) is 6.08 Å². The second-order valence-corrected chi connectivity index (χ2v) is 4.50. The summed E-state index contributed by atoms with van der Waals surface area (Å²) in [6, 6.07) is 0. The third-order valence-electron chi connectivity index (χ3n) is 2.14. The fourth-order valence-corrected chi connectivity index (χ4v) is 1.21. The summed E-state index contributed by atoms with van der Waals surface area (Å²) in [4.78, 5) is 0. The summed E-state index contributed by atoms with van der Waals surface area (Å²) in [5.41, 5.74) is 1.20. The zero-order valence-electron chi connectivity index (χ0n) is 13.0. The minimum absolute atomic E-state index is 0.204. The molecule has 0 bridgehead atoms. The number of rotatable bonds is 8. The van der Waals surface area contributed by atoms with Gasteiger partial charge in [0.25, 0.3) is 0 Å². The number of hydrogen-bond acceptors (Lipinski definition) is 1. The van der Waals surface area contributed by atoms with Crippen molar-refractivity contribution >= 4 is 0 Å². The predicted octanol–water partition coefficient (Wildman–Crippen LogP) is 5.69. The van der Waals surface area contributed by atoms with Gasteiger partial charge >= 0.3 is 0 Å². The standard InChI is InChI=1S/C14H24O.C3H8/c1-5-7-8-12-15-14(4)11-10-13(3)9-6-2;1-3-2/h6,9-11,14H,2,5,7-8,12H2,1,3-4H3;3H2,1-2H3/b11-10-,13-9-;. The number of ether oxygens (including phenoxy) is 1. The molecule has 0 aliphatic carbocycles. The lowest BCUT2D eigenvalue weighted by molar-refractivity contribution is 0.0941. The molecule has 0 fully saturated rings. The van der Waals surface area contributed by atoms with E-state index in [1.807, 2.05) is 6.08 Å². The summed E-state index contributed by atoms with van der Waals surface area (Å²) in [5, 5.41) is 0. The van der Waals surface area contributed by atoms with Gasteiger partial charge in [0.1, 0.15) is 0 Å². The van der Waals surface area contributed by atoms with Crippen molar-refractivity contribution in [2.45, 2.75) is 66.4 Å². The van der Waals surface area contributed by atoms with Crippen LogP contribution in [0.3, 0.4) is 0 Å². The zero-order chi connectivity index (χ0) is 14.2. The van der Waals surface area contributed by atoms with Crippen molar-refractivity contribution in [1.29, 1.82) is 0 Å². The fraction of sp³-hybridized carbons (Fsp3) is 0.647. The van der Waals surface area contributed by atoms with Crippen LogP contribution in [-0.4, -0.2) is 12.7 Å². The van der Waals surface area contributed by atoms with Gasteiger partial charge in [-0.2, -0.15) is 0 Å². The molecule has 0 saturated carbocycles. The maximum atomic E-state index is 5.63. The molecule has 0 heterocycles. The van der Waals surface area contributed by atoms with Crippen LogP contribution in [-0.2, 0) is 4.74 Å². The average molecular weight is 252 g/mol. The number of unbranched alkanes of at least 4 members (excludes halogenated alkanes) is 2. The monoisotopic (exact) mass is 252 g/mol. The van der Waals surface area contributed by atoms with Gasteiger partial charge in [0.2, 0.25) is 0 Å². The Hall–Kier alpha value is -0.820. The van der Waals surface area contributed by atoms with Gasteiger partial charge in [-0.05, 0) is 20.3 Å². The van der Waals surface area contributed by atoms with Crippen LogP contribution in [0.15, 0.2) is 36.5 Å². The van der Waals surface area contributed by atoms with Crippen LogP contribution in [0.2, 0.25) is 0 Å². The Balaban J connectivity index is 0. The quantitative estimate of drug-likeness (QED) is 0.398. The highest BCUT2D eigenvalue weighted by Crippen LogP contribution is 2.02. The predicted molar refractivity (Wildman–Crippen MR) is 84.0 cm³/mol. The molecule has 0 aliphatic rings. The Kier molecular flexibility index (Phi) is 17.5. The van der Waals surface area contributed by atoms with Crippen LogP contribution in [0.25, 0.3) is 0 Å². The Morgan fingerprint density at radius 3 is 2.33 bits per heavy atom. The van der Waals surface area contributed by atoms with Gasteiger partial charge in [-0.15, -0.1) is 0 Å². The molecular formula is C17H32O. The minimum atomic E-state index is 0.204. The molecule has 0 spiro atoms. The van der Waals surface area contributed by atoms with Crippen molar-refractivity contribution in [3.8, 4) is 0 Å². The van der Waals surface area contributed by atoms with Gasteiger partial charge in [-0.1, -0.05) is 76.5 Å². The van der Waals surface area contributed by atoms with Crippen LogP contribution >= 0.6 is 0 Å². The first-order valence-electron chi connectivity index (χ1n) is 7.21. The third kappa shape index (κ3) is 17.6. The van der Waals surface area contributed by atoms with E-state index in [4.69, 9.17) is 4.74 Å². The highest BCUT2D eigenvalue weighted by atomic mass is 16.5. The molecule has 1 unspecified atom stereocenters. The lowest BCUT2D eigenvalue weighted by atomic mass is 10.2. The van der Waals surface area contributed by atoms with Crippen LogP contribution in [0.4, 0.5) is 0 Å². The largest absolute Gasteiger partial charge is 0.374 e. The summed E-state index contributed by atoms with van der Waals surface area (Å²) in [5.74, 6) is 0. The molecule has 0 rings (SSSR count). The molecule has 0 saturated heterocycles. The van der Waals surface area contributed by atoms with Crippen molar-refractivity contribution in [2.24, 2.45) is 0 Å². The third-order valence-corrected chi connectivity index (χ3v) is 2.14. The van der Waals surface area contributed by atoms with Crippen LogP contribution < -0.4 is 0 Å². The van der Waals surface area contributed by atoms with E-state index in [1.165, 1.54) is 24.8 Å². The summed E-state index contributed by atoms with van der Waals surface area (Å²) in [6.45, 7) is 15.1. The SMILES string of the molecule is C=C/C=C(C)\C=C/C(C)OCCCCC.CCC. The van der Waals surface area contributed by atoms with Crippen molar-refractivity contribution in [3.05, 3.63) is 36.5 Å². The van der Waals surface area contributed by atoms with E-state index in [-0.39, 0.29) is 6.10 Å². The molecule has 1 atom stereocenters. The Labute approximate surface area is 115 Å². The fourth-order valence-electron chi connectivity index (χ4n) is 1.21. The summed E-state index contributed by atoms with van der Waals surface area (Å²) < 4.78 is 5.63. The molecule has 1 heteroatoms. The van der Waals surface area contributed by atoms with Crippen molar-refractivity contribution < 1.29 is 4.74 Å². The molecule has 0 aliphatic heterocycles. The van der Waals surface area contributed by atoms with Gasteiger partial charge in [0.05, 0.1) is 6.10 Å². The molecule has 0 N–H and O–H groups in total. The average Bonchev–Trinajstić information content (AvgIpc) is 2.33. The Morgan fingerprint density at radius 2 is 1.83 bits per heavy atom. The van der Waals surface area contributed by atoms with E-state index in [0.717, 1.165) is 13.0 Å². The molecule has 0 radical (unpaired) electrons. The van der Waals surface area contributed by atoms with E-state index in [2.05, 4.69) is 53.3 Å². The second-order valence-electron chi connectivity index (χ2n) is 4.50. The topological polar surface area (TPSA) is 9.23 Å². The Bertz CT molecular complexity index is 226. The second kappa shape index (κ2) is 16.2. The molecule has 1 nitrogen and oxygen atoms in total. The van der Waals surface area contributed by atoms with Crippen LogP contribution in [0, 0.1) is 0 Å². The first-order valence-corrected chi connectivity index (χ1v) is 7.21. The summed E-state index contributed by atoms with van der Waals surface area (Å²) in [6.07, 6.45) is 13.1. The molecule has 0 amide bonds. The maximum absolute atomic E-state index is 5.63.